The Balaban J connectivity index is 1.99. The van der Waals surface area contributed by atoms with Crippen molar-refractivity contribution < 1.29 is 0 Å². The highest BCUT2D eigenvalue weighted by Crippen LogP contribution is 2.36. The standard InChI is InChI=1S/C13H15ClN2S/c14-8-5-6-11-12(7-8)17-13(16-11)9-3-1-2-4-10(9)15/h5-7,9-10H,1-4,15H2. The van der Waals surface area contributed by atoms with Crippen LogP contribution in [0.1, 0.15) is 36.6 Å². The summed E-state index contributed by atoms with van der Waals surface area (Å²) in [6.07, 6.45) is 4.83. The van der Waals surface area contributed by atoms with Gasteiger partial charge < -0.3 is 5.73 Å². The summed E-state index contributed by atoms with van der Waals surface area (Å²) >= 11 is 7.74. The van der Waals surface area contributed by atoms with Crippen LogP contribution in [0.2, 0.25) is 5.02 Å². The summed E-state index contributed by atoms with van der Waals surface area (Å²) in [6, 6.07) is 6.16. The highest BCUT2D eigenvalue weighted by Gasteiger charge is 2.26. The molecule has 4 heteroatoms. The van der Waals surface area contributed by atoms with Crippen molar-refractivity contribution in [3.05, 3.63) is 28.2 Å². The Kier molecular flexibility index (Phi) is 3.07. The van der Waals surface area contributed by atoms with Gasteiger partial charge in [-0.25, -0.2) is 4.98 Å². The molecule has 0 spiro atoms. The zero-order valence-corrected chi connectivity index (χ0v) is 11.1. The van der Waals surface area contributed by atoms with Crippen molar-refractivity contribution in [2.75, 3.05) is 0 Å². The predicted molar refractivity (Wildman–Crippen MR) is 73.8 cm³/mol. The van der Waals surface area contributed by atoms with Crippen LogP contribution in [0.4, 0.5) is 0 Å². The molecule has 0 amide bonds. The summed E-state index contributed by atoms with van der Waals surface area (Å²) in [6.45, 7) is 0. The van der Waals surface area contributed by atoms with Gasteiger partial charge in [0.15, 0.2) is 0 Å². The third-order valence-electron chi connectivity index (χ3n) is 3.50. The molecule has 0 radical (unpaired) electrons. The smallest absolute Gasteiger partial charge is 0.0984 e. The number of hydrogen-bond acceptors (Lipinski definition) is 3. The van der Waals surface area contributed by atoms with E-state index in [4.69, 9.17) is 22.3 Å². The summed E-state index contributed by atoms with van der Waals surface area (Å²) < 4.78 is 1.17. The van der Waals surface area contributed by atoms with E-state index in [1.54, 1.807) is 11.3 Å². The fraction of sp³-hybridized carbons (Fsp3) is 0.462. The monoisotopic (exact) mass is 266 g/mol. The van der Waals surface area contributed by atoms with Gasteiger partial charge in [-0.3, -0.25) is 0 Å². The fourth-order valence-electron chi connectivity index (χ4n) is 2.54. The van der Waals surface area contributed by atoms with Gasteiger partial charge in [-0.05, 0) is 31.0 Å². The second kappa shape index (κ2) is 4.56. The molecular formula is C13H15ClN2S. The van der Waals surface area contributed by atoms with Crippen LogP contribution in [-0.2, 0) is 0 Å². The van der Waals surface area contributed by atoms with Gasteiger partial charge in [0.1, 0.15) is 0 Å². The molecule has 2 atom stereocenters. The Morgan fingerprint density at radius 3 is 2.94 bits per heavy atom. The molecule has 1 saturated carbocycles. The van der Waals surface area contributed by atoms with Crippen molar-refractivity contribution in [3.8, 4) is 0 Å². The highest BCUT2D eigenvalue weighted by atomic mass is 35.5. The second-order valence-electron chi connectivity index (χ2n) is 4.72. The third-order valence-corrected chi connectivity index (χ3v) is 4.89. The average Bonchev–Trinajstić information content (AvgIpc) is 2.72. The summed E-state index contributed by atoms with van der Waals surface area (Å²) in [5.74, 6) is 0.444. The maximum absolute atomic E-state index is 6.20. The number of nitrogens with two attached hydrogens (primary N) is 1. The quantitative estimate of drug-likeness (QED) is 0.849. The molecule has 1 fully saturated rings. The molecule has 2 unspecified atom stereocenters. The SMILES string of the molecule is NC1CCCCC1c1nc2ccc(Cl)cc2s1. The van der Waals surface area contributed by atoms with E-state index in [0.717, 1.165) is 17.0 Å². The van der Waals surface area contributed by atoms with Crippen LogP contribution in [0.25, 0.3) is 10.2 Å². The molecule has 1 aromatic carbocycles. The minimum atomic E-state index is 0.278. The number of halogens is 1. The van der Waals surface area contributed by atoms with Crippen molar-refractivity contribution in [1.29, 1.82) is 0 Å². The average molecular weight is 267 g/mol. The number of benzene rings is 1. The topological polar surface area (TPSA) is 38.9 Å². The molecule has 1 aliphatic carbocycles. The summed E-state index contributed by atoms with van der Waals surface area (Å²) in [5, 5.41) is 1.97. The van der Waals surface area contributed by atoms with Gasteiger partial charge in [-0.15, -0.1) is 11.3 Å². The maximum atomic E-state index is 6.20. The number of hydrogen-bond donors (Lipinski definition) is 1. The Bertz CT molecular complexity index is 537. The summed E-state index contributed by atoms with van der Waals surface area (Å²) in [4.78, 5) is 4.71. The van der Waals surface area contributed by atoms with Crippen LogP contribution >= 0.6 is 22.9 Å². The lowest BCUT2D eigenvalue weighted by Crippen LogP contribution is -2.31. The summed E-state index contributed by atoms with van der Waals surface area (Å²) in [5.41, 5.74) is 7.25. The molecule has 1 heterocycles. The number of fused-ring (bicyclic) bond motifs is 1. The lowest BCUT2D eigenvalue weighted by molar-refractivity contribution is 0.385. The van der Waals surface area contributed by atoms with Gasteiger partial charge in [0.25, 0.3) is 0 Å². The molecular weight excluding hydrogens is 252 g/mol. The number of rotatable bonds is 1. The van der Waals surface area contributed by atoms with Gasteiger partial charge in [0.05, 0.1) is 15.2 Å². The van der Waals surface area contributed by atoms with Crippen LogP contribution in [0.3, 0.4) is 0 Å². The number of aromatic nitrogens is 1. The molecule has 3 rings (SSSR count). The van der Waals surface area contributed by atoms with Crippen molar-refractivity contribution in [3.63, 3.8) is 0 Å². The van der Waals surface area contributed by atoms with E-state index in [1.165, 1.54) is 29.0 Å². The molecule has 0 saturated heterocycles. The Labute approximate surface area is 110 Å². The molecule has 2 nitrogen and oxygen atoms in total. The first kappa shape index (κ1) is 11.5. The summed E-state index contributed by atoms with van der Waals surface area (Å²) in [7, 11) is 0. The van der Waals surface area contributed by atoms with E-state index in [0.29, 0.717) is 5.92 Å². The van der Waals surface area contributed by atoms with Gasteiger partial charge in [-0.1, -0.05) is 24.4 Å². The van der Waals surface area contributed by atoms with Crippen molar-refractivity contribution in [2.45, 2.75) is 37.6 Å². The second-order valence-corrected chi connectivity index (χ2v) is 6.22. The van der Waals surface area contributed by atoms with E-state index < -0.39 is 0 Å². The molecule has 17 heavy (non-hydrogen) atoms. The Hall–Kier alpha value is -0.640. The van der Waals surface area contributed by atoms with Crippen LogP contribution < -0.4 is 5.73 Å². The Morgan fingerprint density at radius 2 is 2.12 bits per heavy atom. The normalized spacial score (nSPS) is 25.3. The van der Waals surface area contributed by atoms with Crippen molar-refractivity contribution in [2.24, 2.45) is 5.73 Å². The minimum Gasteiger partial charge on any atom is -0.327 e. The first-order valence-corrected chi connectivity index (χ1v) is 7.25. The molecule has 1 aliphatic rings. The lowest BCUT2D eigenvalue weighted by Gasteiger charge is -2.26. The van der Waals surface area contributed by atoms with Crippen LogP contribution in [0.5, 0.6) is 0 Å². The predicted octanol–water partition coefficient (Wildman–Crippen LogP) is 3.93. The van der Waals surface area contributed by atoms with Gasteiger partial charge in [0.2, 0.25) is 0 Å². The van der Waals surface area contributed by atoms with Crippen LogP contribution in [0, 0.1) is 0 Å². The van der Waals surface area contributed by atoms with Crippen LogP contribution in [-0.4, -0.2) is 11.0 Å². The maximum Gasteiger partial charge on any atom is 0.0984 e. The fourth-order valence-corrected chi connectivity index (χ4v) is 4.00. The highest BCUT2D eigenvalue weighted by molar-refractivity contribution is 7.18. The van der Waals surface area contributed by atoms with E-state index in [1.807, 2.05) is 18.2 Å². The molecule has 2 N–H and O–H groups in total. The van der Waals surface area contributed by atoms with E-state index in [2.05, 4.69) is 0 Å². The molecule has 2 aromatic rings. The van der Waals surface area contributed by atoms with Crippen molar-refractivity contribution >= 4 is 33.2 Å². The largest absolute Gasteiger partial charge is 0.327 e. The van der Waals surface area contributed by atoms with Gasteiger partial charge in [0, 0.05) is 17.0 Å². The molecule has 0 aliphatic heterocycles. The van der Waals surface area contributed by atoms with E-state index in [9.17, 15) is 0 Å². The first-order valence-electron chi connectivity index (χ1n) is 6.05. The zero-order chi connectivity index (χ0) is 11.8. The van der Waals surface area contributed by atoms with E-state index >= 15 is 0 Å². The van der Waals surface area contributed by atoms with Gasteiger partial charge >= 0.3 is 0 Å². The van der Waals surface area contributed by atoms with Crippen LogP contribution in [0.15, 0.2) is 18.2 Å². The minimum absolute atomic E-state index is 0.278. The molecule has 0 bridgehead atoms. The molecule has 90 valence electrons. The first-order chi connectivity index (χ1) is 8.24. The third kappa shape index (κ3) is 2.19. The van der Waals surface area contributed by atoms with E-state index in [-0.39, 0.29) is 6.04 Å². The van der Waals surface area contributed by atoms with Gasteiger partial charge in [-0.2, -0.15) is 0 Å². The van der Waals surface area contributed by atoms with Crippen molar-refractivity contribution in [1.82, 2.24) is 4.98 Å². The number of thiazole rings is 1. The Morgan fingerprint density at radius 1 is 1.29 bits per heavy atom. The lowest BCUT2D eigenvalue weighted by atomic mass is 9.85. The zero-order valence-electron chi connectivity index (χ0n) is 9.53. The number of nitrogens with zero attached hydrogens (tertiary/aromatic N) is 1. The molecule has 1 aromatic heterocycles.